The zero-order valence-corrected chi connectivity index (χ0v) is 16.5. The molecule has 2 aromatic heterocycles. The van der Waals surface area contributed by atoms with Crippen molar-refractivity contribution in [1.29, 1.82) is 0 Å². The van der Waals surface area contributed by atoms with Crippen molar-refractivity contribution in [3.63, 3.8) is 0 Å². The van der Waals surface area contributed by atoms with Crippen LogP contribution in [-0.2, 0) is 16.2 Å². The highest BCUT2D eigenvalue weighted by molar-refractivity contribution is 7.88. The van der Waals surface area contributed by atoms with Crippen LogP contribution in [0.4, 0.5) is 23.5 Å². The molecule has 1 aliphatic heterocycles. The van der Waals surface area contributed by atoms with Gasteiger partial charge in [0.2, 0.25) is 16.0 Å². The number of alkyl halides is 3. The van der Waals surface area contributed by atoms with E-state index >= 15 is 0 Å². The lowest BCUT2D eigenvalue weighted by molar-refractivity contribution is -0.140. The van der Waals surface area contributed by atoms with E-state index in [1.165, 1.54) is 11.2 Å². The summed E-state index contributed by atoms with van der Waals surface area (Å²) in [6, 6.07) is -0.179. The average Bonchev–Trinajstić information content (AvgIpc) is 2.98. The Morgan fingerprint density at radius 2 is 1.89 bits per heavy atom. The lowest BCUT2D eigenvalue weighted by Gasteiger charge is -2.30. The standard InChI is InChI=1S/C15H17F4N5O2S2/c1-8-21-13(15(17,18)19)12(27-8)11-10(16)7-20-14(23-11)22-9-3-5-24(6-4-9)28(2,25)26/h7,9H,3-6H2,1-2H3,(H,20,22,23). The fourth-order valence-corrected chi connectivity index (χ4v) is 4.69. The predicted molar refractivity (Wildman–Crippen MR) is 95.9 cm³/mol. The molecule has 0 bridgehead atoms. The molecule has 0 saturated carbocycles. The maximum atomic E-state index is 14.2. The maximum Gasteiger partial charge on any atom is 0.434 e. The highest BCUT2D eigenvalue weighted by Gasteiger charge is 2.38. The van der Waals surface area contributed by atoms with E-state index in [1.807, 2.05) is 0 Å². The van der Waals surface area contributed by atoms with E-state index in [9.17, 15) is 26.0 Å². The normalized spacial score (nSPS) is 17.1. The fourth-order valence-electron chi connectivity index (χ4n) is 2.89. The molecule has 3 rings (SSSR count). The monoisotopic (exact) mass is 439 g/mol. The van der Waals surface area contributed by atoms with Gasteiger partial charge in [-0.15, -0.1) is 11.3 Å². The molecule has 0 unspecified atom stereocenters. The zero-order valence-electron chi connectivity index (χ0n) is 14.9. The van der Waals surface area contributed by atoms with Crippen molar-refractivity contribution in [3.8, 4) is 10.6 Å². The highest BCUT2D eigenvalue weighted by atomic mass is 32.2. The molecular formula is C15H17F4N5O2S2. The molecule has 0 aliphatic carbocycles. The molecule has 28 heavy (non-hydrogen) atoms. The average molecular weight is 439 g/mol. The second kappa shape index (κ2) is 7.52. The number of piperidine rings is 1. The summed E-state index contributed by atoms with van der Waals surface area (Å²) in [5.74, 6) is -1.00. The van der Waals surface area contributed by atoms with E-state index in [1.54, 1.807) is 0 Å². The molecule has 2 aromatic rings. The van der Waals surface area contributed by atoms with Gasteiger partial charge in [-0.3, -0.25) is 0 Å². The van der Waals surface area contributed by atoms with Gasteiger partial charge in [-0.1, -0.05) is 0 Å². The third-order valence-electron chi connectivity index (χ3n) is 4.22. The molecule has 0 atom stereocenters. The Kier molecular flexibility index (Phi) is 5.60. The molecule has 1 N–H and O–H groups in total. The third kappa shape index (κ3) is 4.58. The van der Waals surface area contributed by atoms with Gasteiger partial charge in [0.25, 0.3) is 0 Å². The van der Waals surface area contributed by atoms with E-state index < -0.39 is 38.3 Å². The van der Waals surface area contributed by atoms with E-state index in [0.717, 1.165) is 12.5 Å². The second-order valence-corrected chi connectivity index (χ2v) is 9.56. The van der Waals surface area contributed by atoms with Crippen LogP contribution in [0.3, 0.4) is 0 Å². The molecule has 0 amide bonds. The van der Waals surface area contributed by atoms with Gasteiger partial charge >= 0.3 is 6.18 Å². The van der Waals surface area contributed by atoms with Crippen molar-refractivity contribution in [2.75, 3.05) is 24.7 Å². The van der Waals surface area contributed by atoms with Gasteiger partial charge in [0, 0.05) is 19.1 Å². The van der Waals surface area contributed by atoms with Crippen molar-refractivity contribution < 1.29 is 26.0 Å². The second-order valence-electron chi connectivity index (χ2n) is 6.38. The number of anilines is 1. The summed E-state index contributed by atoms with van der Waals surface area (Å²) in [4.78, 5) is 10.8. The first-order chi connectivity index (χ1) is 12.9. The number of rotatable bonds is 4. The van der Waals surface area contributed by atoms with Crippen LogP contribution in [0.1, 0.15) is 23.5 Å². The lowest BCUT2D eigenvalue weighted by Crippen LogP contribution is -2.42. The van der Waals surface area contributed by atoms with Crippen LogP contribution in [0.15, 0.2) is 6.20 Å². The lowest BCUT2D eigenvalue weighted by atomic mass is 10.1. The summed E-state index contributed by atoms with van der Waals surface area (Å²) in [6.07, 6.45) is -1.85. The molecule has 7 nitrogen and oxygen atoms in total. The third-order valence-corrected chi connectivity index (χ3v) is 6.50. The smallest absolute Gasteiger partial charge is 0.351 e. The number of aryl methyl sites for hydroxylation is 1. The van der Waals surface area contributed by atoms with Crippen LogP contribution in [0.25, 0.3) is 10.6 Å². The minimum absolute atomic E-state index is 0.0200. The summed E-state index contributed by atoms with van der Waals surface area (Å²) in [7, 11) is -3.27. The summed E-state index contributed by atoms with van der Waals surface area (Å²) >= 11 is 0.704. The minimum atomic E-state index is -4.73. The van der Waals surface area contributed by atoms with Crippen molar-refractivity contribution in [3.05, 3.63) is 22.7 Å². The molecule has 0 aromatic carbocycles. The summed E-state index contributed by atoms with van der Waals surface area (Å²) in [5, 5.41) is 3.09. The quantitative estimate of drug-likeness (QED) is 0.737. The van der Waals surface area contributed by atoms with Crippen molar-refractivity contribution in [2.24, 2.45) is 0 Å². The number of nitrogens with one attached hydrogen (secondary N) is 1. The number of aromatic nitrogens is 3. The van der Waals surface area contributed by atoms with Crippen LogP contribution < -0.4 is 5.32 Å². The Balaban J connectivity index is 1.82. The Morgan fingerprint density at radius 3 is 2.46 bits per heavy atom. The van der Waals surface area contributed by atoms with Gasteiger partial charge in [-0.2, -0.15) is 13.2 Å². The number of nitrogens with zero attached hydrogens (tertiary/aromatic N) is 4. The largest absolute Gasteiger partial charge is 0.434 e. The molecule has 1 fully saturated rings. The van der Waals surface area contributed by atoms with E-state index in [0.29, 0.717) is 37.3 Å². The van der Waals surface area contributed by atoms with Gasteiger partial charge < -0.3 is 5.32 Å². The number of hydrogen-bond acceptors (Lipinski definition) is 7. The van der Waals surface area contributed by atoms with Gasteiger partial charge in [0.15, 0.2) is 11.5 Å². The number of thiazole rings is 1. The molecule has 1 saturated heterocycles. The number of halogens is 4. The first-order valence-electron chi connectivity index (χ1n) is 8.24. The molecule has 154 valence electrons. The van der Waals surface area contributed by atoms with Gasteiger partial charge in [0.05, 0.1) is 22.3 Å². The van der Waals surface area contributed by atoms with Crippen molar-refractivity contribution in [2.45, 2.75) is 32.0 Å². The molecule has 0 radical (unpaired) electrons. The Labute approximate surface area is 162 Å². The fraction of sp³-hybridized carbons (Fsp3) is 0.533. The van der Waals surface area contributed by atoms with E-state index in [4.69, 9.17) is 0 Å². The Hall–Kier alpha value is -1.86. The van der Waals surface area contributed by atoms with E-state index in [2.05, 4.69) is 20.3 Å². The Morgan fingerprint density at radius 1 is 1.25 bits per heavy atom. The molecular weight excluding hydrogens is 422 g/mol. The molecule has 1 aliphatic rings. The van der Waals surface area contributed by atoms with Crippen molar-refractivity contribution >= 4 is 27.3 Å². The first kappa shape index (κ1) is 20.9. The first-order valence-corrected chi connectivity index (χ1v) is 10.9. The summed E-state index contributed by atoms with van der Waals surface area (Å²) < 4.78 is 78.2. The number of sulfonamides is 1. The van der Waals surface area contributed by atoms with Crippen molar-refractivity contribution in [1.82, 2.24) is 19.3 Å². The van der Waals surface area contributed by atoms with E-state index in [-0.39, 0.29) is 17.0 Å². The van der Waals surface area contributed by atoms with Crippen LogP contribution in [0.5, 0.6) is 0 Å². The minimum Gasteiger partial charge on any atom is -0.351 e. The topological polar surface area (TPSA) is 88.1 Å². The van der Waals surface area contributed by atoms with Crippen LogP contribution in [0.2, 0.25) is 0 Å². The zero-order chi connectivity index (χ0) is 20.7. The molecule has 0 spiro atoms. The predicted octanol–water partition coefficient (Wildman–Crippen LogP) is 2.90. The van der Waals surface area contributed by atoms with Crippen LogP contribution in [-0.4, -0.2) is 53.1 Å². The maximum absolute atomic E-state index is 14.2. The van der Waals surface area contributed by atoms with Crippen LogP contribution in [0, 0.1) is 12.7 Å². The summed E-state index contributed by atoms with van der Waals surface area (Å²) in [5.41, 5.74) is -1.65. The summed E-state index contributed by atoms with van der Waals surface area (Å²) in [6.45, 7) is 2.00. The number of hydrogen-bond donors (Lipinski definition) is 1. The van der Waals surface area contributed by atoms with Crippen LogP contribution >= 0.6 is 11.3 Å². The SMILES string of the molecule is Cc1nc(C(F)(F)F)c(-c2nc(NC3CCN(S(C)(=O)=O)CC3)ncc2F)s1. The van der Waals surface area contributed by atoms with Gasteiger partial charge in [-0.05, 0) is 19.8 Å². The van der Waals surface area contributed by atoms with Gasteiger partial charge in [-0.25, -0.2) is 32.1 Å². The highest BCUT2D eigenvalue weighted by Crippen LogP contribution is 2.40. The molecule has 3 heterocycles. The molecule has 13 heteroatoms. The van der Waals surface area contributed by atoms with Gasteiger partial charge in [0.1, 0.15) is 5.69 Å². The Bertz CT molecular complexity index is 969.